The maximum absolute atomic E-state index is 11.9. The van der Waals surface area contributed by atoms with Gasteiger partial charge in [0.05, 0.1) is 0 Å². The Hall–Kier alpha value is -0.620. The fraction of sp³-hybridized carbons (Fsp3) is 0.909. The van der Waals surface area contributed by atoms with E-state index in [-0.39, 0.29) is 6.54 Å². The smallest absolute Gasteiger partial charge is 0.316 e. The molecule has 0 bridgehead atoms. The molecule has 0 radical (unpaired) electrons. The zero-order chi connectivity index (χ0) is 12.9. The van der Waals surface area contributed by atoms with E-state index in [0.717, 1.165) is 19.5 Å². The van der Waals surface area contributed by atoms with E-state index in [1.54, 1.807) is 0 Å². The molecule has 3 nitrogen and oxygen atoms in total. The molecular formula is C11H19F3N2O. The van der Waals surface area contributed by atoms with Crippen LogP contribution in [-0.4, -0.2) is 38.1 Å². The Labute approximate surface area is 99.1 Å². The van der Waals surface area contributed by atoms with Crippen molar-refractivity contribution in [2.75, 3.05) is 26.2 Å². The number of nitrogens with one attached hydrogen (secondary N) is 2. The Morgan fingerprint density at radius 1 is 1.35 bits per heavy atom. The van der Waals surface area contributed by atoms with E-state index in [0.29, 0.717) is 18.4 Å². The van der Waals surface area contributed by atoms with Crippen molar-refractivity contribution in [3.8, 4) is 0 Å². The highest BCUT2D eigenvalue weighted by molar-refractivity contribution is 5.84. The highest BCUT2D eigenvalue weighted by atomic mass is 19.4. The standard InChI is InChI=1S/C11H19F3N2O/c1-2-8-5-16-7-9(8)6-15-4-3-10(17)11(12,13)14/h8-9,15-16H,2-7H2,1H3/t8-,9+/m0/s1. The van der Waals surface area contributed by atoms with Gasteiger partial charge in [-0.25, -0.2) is 0 Å². The van der Waals surface area contributed by atoms with Gasteiger partial charge >= 0.3 is 6.18 Å². The second-order valence-corrected chi connectivity index (χ2v) is 4.46. The number of carbonyl (C=O) groups excluding carboxylic acids is 1. The molecule has 0 saturated carbocycles. The number of ketones is 1. The van der Waals surface area contributed by atoms with Crippen LogP contribution < -0.4 is 10.6 Å². The third-order valence-electron chi connectivity index (χ3n) is 3.26. The van der Waals surface area contributed by atoms with Crippen molar-refractivity contribution < 1.29 is 18.0 Å². The highest BCUT2D eigenvalue weighted by Crippen LogP contribution is 2.19. The summed E-state index contributed by atoms with van der Waals surface area (Å²) in [7, 11) is 0. The quantitative estimate of drug-likeness (QED) is 0.701. The molecule has 0 aromatic carbocycles. The van der Waals surface area contributed by atoms with E-state index in [4.69, 9.17) is 0 Å². The second-order valence-electron chi connectivity index (χ2n) is 4.46. The summed E-state index contributed by atoms with van der Waals surface area (Å²) < 4.78 is 35.7. The van der Waals surface area contributed by atoms with Gasteiger partial charge in [-0.15, -0.1) is 0 Å². The van der Waals surface area contributed by atoms with Gasteiger partial charge in [0.25, 0.3) is 0 Å². The summed E-state index contributed by atoms with van der Waals surface area (Å²) in [5.74, 6) is -0.608. The normalized spacial score (nSPS) is 25.2. The minimum Gasteiger partial charge on any atom is -0.316 e. The van der Waals surface area contributed by atoms with Crippen LogP contribution in [0.5, 0.6) is 0 Å². The van der Waals surface area contributed by atoms with E-state index in [2.05, 4.69) is 17.6 Å². The first-order valence-corrected chi connectivity index (χ1v) is 5.96. The fourth-order valence-corrected chi connectivity index (χ4v) is 2.14. The molecule has 0 aliphatic carbocycles. The molecule has 0 aromatic rings. The van der Waals surface area contributed by atoms with Gasteiger partial charge in [0, 0.05) is 13.0 Å². The molecule has 0 amide bonds. The van der Waals surface area contributed by atoms with Crippen LogP contribution >= 0.6 is 0 Å². The summed E-state index contributed by atoms with van der Waals surface area (Å²) in [4.78, 5) is 10.6. The molecule has 2 atom stereocenters. The number of alkyl halides is 3. The zero-order valence-electron chi connectivity index (χ0n) is 9.94. The molecule has 0 spiro atoms. The summed E-state index contributed by atoms with van der Waals surface area (Å²) in [5.41, 5.74) is 0. The monoisotopic (exact) mass is 252 g/mol. The van der Waals surface area contributed by atoms with Crippen molar-refractivity contribution in [1.29, 1.82) is 0 Å². The molecule has 1 fully saturated rings. The molecule has 100 valence electrons. The average Bonchev–Trinajstić information content (AvgIpc) is 2.70. The minimum absolute atomic E-state index is 0.102. The maximum Gasteiger partial charge on any atom is 0.450 e. The lowest BCUT2D eigenvalue weighted by Gasteiger charge is -2.17. The summed E-state index contributed by atoms with van der Waals surface area (Å²) >= 11 is 0. The number of hydrogen-bond donors (Lipinski definition) is 2. The largest absolute Gasteiger partial charge is 0.450 e. The van der Waals surface area contributed by atoms with E-state index in [1.807, 2.05) is 0 Å². The van der Waals surface area contributed by atoms with Crippen LogP contribution in [0, 0.1) is 11.8 Å². The molecule has 17 heavy (non-hydrogen) atoms. The SMILES string of the molecule is CC[C@H]1CNC[C@H]1CNCCC(=O)C(F)(F)F. The van der Waals surface area contributed by atoms with Crippen molar-refractivity contribution in [1.82, 2.24) is 10.6 Å². The average molecular weight is 252 g/mol. The molecule has 1 rings (SSSR count). The van der Waals surface area contributed by atoms with Crippen LogP contribution in [0.4, 0.5) is 13.2 Å². The summed E-state index contributed by atoms with van der Waals surface area (Å²) in [6.07, 6.45) is -4.09. The Balaban J connectivity index is 2.14. The van der Waals surface area contributed by atoms with Gasteiger partial charge in [0.15, 0.2) is 0 Å². The molecule has 1 saturated heterocycles. The first kappa shape index (κ1) is 14.4. The molecule has 1 heterocycles. The highest BCUT2D eigenvalue weighted by Gasteiger charge is 2.37. The van der Waals surface area contributed by atoms with Gasteiger partial charge in [-0.1, -0.05) is 13.3 Å². The third kappa shape index (κ3) is 4.63. The summed E-state index contributed by atoms with van der Waals surface area (Å²) in [6.45, 7) is 4.77. The van der Waals surface area contributed by atoms with Crippen LogP contribution in [0.25, 0.3) is 0 Å². The van der Waals surface area contributed by atoms with Gasteiger partial charge in [-0.3, -0.25) is 4.79 Å². The lowest BCUT2D eigenvalue weighted by atomic mass is 9.94. The molecule has 2 N–H and O–H groups in total. The molecular weight excluding hydrogens is 233 g/mol. The first-order chi connectivity index (χ1) is 7.95. The minimum atomic E-state index is -4.69. The predicted molar refractivity (Wildman–Crippen MR) is 58.7 cm³/mol. The molecule has 6 heteroatoms. The Bertz CT molecular complexity index is 256. The van der Waals surface area contributed by atoms with E-state index in [1.165, 1.54) is 0 Å². The van der Waals surface area contributed by atoms with Crippen LogP contribution in [0.15, 0.2) is 0 Å². The number of Topliss-reactive ketones (excluding diaryl/α,β-unsaturated/α-hetero) is 1. The van der Waals surface area contributed by atoms with E-state index >= 15 is 0 Å². The molecule has 1 aliphatic rings. The summed E-state index contributed by atoms with van der Waals surface area (Å²) in [5, 5.41) is 6.19. The number of hydrogen-bond acceptors (Lipinski definition) is 3. The number of halogens is 3. The Morgan fingerprint density at radius 2 is 2.00 bits per heavy atom. The molecule has 0 unspecified atom stereocenters. The van der Waals surface area contributed by atoms with Gasteiger partial charge in [0.2, 0.25) is 5.78 Å². The zero-order valence-corrected chi connectivity index (χ0v) is 9.94. The lowest BCUT2D eigenvalue weighted by molar-refractivity contribution is -0.170. The molecule has 1 aliphatic heterocycles. The fourth-order valence-electron chi connectivity index (χ4n) is 2.14. The van der Waals surface area contributed by atoms with Crippen molar-refractivity contribution in [2.24, 2.45) is 11.8 Å². The Kier molecular flexibility index (Phi) is 5.39. The summed E-state index contributed by atoms with van der Waals surface area (Å²) in [6, 6.07) is 0. The molecule has 0 aromatic heterocycles. The van der Waals surface area contributed by atoms with Gasteiger partial charge in [-0.2, -0.15) is 13.2 Å². The number of carbonyl (C=O) groups is 1. The van der Waals surface area contributed by atoms with E-state index < -0.39 is 18.4 Å². The topological polar surface area (TPSA) is 41.1 Å². The van der Waals surface area contributed by atoms with Crippen molar-refractivity contribution in [3.63, 3.8) is 0 Å². The lowest BCUT2D eigenvalue weighted by Crippen LogP contribution is -2.32. The first-order valence-electron chi connectivity index (χ1n) is 5.96. The van der Waals surface area contributed by atoms with Crippen LogP contribution in [-0.2, 0) is 4.79 Å². The van der Waals surface area contributed by atoms with Crippen LogP contribution in [0.1, 0.15) is 19.8 Å². The van der Waals surface area contributed by atoms with Crippen molar-refractivity contribution in [2.45, 2.75) is 25.9 Å². The van der Waals surface area contributed by atoms with Gasteiger partial charge in [-0.05, 0) is 31.5 Å². The van der Waals surface area contributed by atoms with Crippen LogP contribution in [0.3, 0.4) is 0 Å². The van der Waals surface area contributed by atoms with Gasteiger partial charge in [0.1, 0.15) is 0 Å². The van der Waals surface area contributed by atoms with Gasteiger partial charge < -0.3 is 10.6 Å². The maximum atomic E-state index is 11.9. The van der Waals surface area contributed by atoms with Crippen molar-refractivity contribution >= 4 is 5.78 Å². The number of rotatable bonds is 6. The van der Waals surface area contributed by atoms with Crippen LogP contribution in [0.2, 0.25) is 0 Å². The Morgan fingerprint density at radius 3 is 2.59 bits per heavy atom. The van der Waals surface area contributed by atoms with E-state index in [9.17, 15) is 18.0 Å². The second kappa shape index (κ2) is 6.35. The van der Waals surface area contributed by atoms with Crippen molar-refractivity contribution in [3.05, 3.63) is 0 Å². The third-order valence-corrected chi connectivity index (χ3v) is 3.26. The predicted octanol–water partition coefficient (Wildman–Crippen LogP) is 1.34.